The van der Waals surface area contributed by atoms with Crippen molar-refractivity contribution in [2.45, 2.75) is 38.5 Å². The van der Waals surface area contributed by atoms with Crippen molar-refractivity contribution in [3.63, 3.8) is 0 Å². The van der Waals surface area contributed by atoms with Crippen LogP contribution in [0.4, 0.5) is 0 Å². The number of halogens is 1. The van der Waals surface area contributed by atoms with Gasteiger partial charge in [-0.15, -0.1) is 4.68 Å². The van der Waals surface area contributed by atoms with Crippen LogP contribution in [0.5, 0.6) is 0 Å². The van der Waals surface area contributed by atoms with Crippen LogP contribution in [0.2, 0.25) is 5.02 Å². The Labute approximate surface area is 145 Å². The molecule has 0 aliphatic heterocycles. The van der Waals surface area contributed by atoms with E-state index < -0.39 is 5.97 Å². The first-order chi connectivity index (χ1) is 11.6. The number of nitrogens with one attached hydrogen (secondary N) is 1. The summed E-state index contributed by atoms with van der Waals surface area (Å²) in [6, 6.07) is 5.99. The molecule has 24 heavy (non-hydrogen) atoms. The molecule has 1 aromatic heterocycles. The fourth-order valence-electron chi connectivity index (χ4n) is 3.43. The monoisotopic (exact) mass is 347 g/mol. The summed E-state index contributed by atoms with van der Waals surface area (Å²) >= 11 is 6.48. The Morgan fingerprint density at radius 1 is 1.42 bits per heavy atom. The number of hydrogen-bond acceptors (Lipinski definition) is 3. The summed E-state index contributed by atoms with van der Waals surface area (Å²) in [4.78, 5) is 10.8. The maximum absolute atomic E-state index is 10.8. The van der Waals surface area contributed by atoms with Crippen LogP contribution in [0.15, 0.2) is 30.4 Å². The second-order valence-corrected chi connectivity index (χ2v) is 6.55. The summed E-state index contributed by atoms with van der Waals surface area (Å²) < 4.78 is 1.73. The average molecular weight is 348 g/mol. The van der Waals surface area contributed by atoms with Gasteiger partial charge in [-0.3, -0.25) is 0 Å². The third-order valence-electron chi connectivity index (χ3n) is 4.61. The third-order valence-corrected chi connectivity index (χ3v) is 4.91. The maximum atomic E-state index is 10.8. The molecule has 126 valence electrons. The molecule has 0 saturated heterocycles. The Hall–Kier alpha value is -2.21. The summed E-state index contributed by atoms with van der Waals surface area (Å²) in [7, 11) is 0. The summed E-state index contributed by atoms with van der Waals surface area (Å²) in [6.45, 7) is 1.85. The van der Waals surface area contributed by atoms with Crippen molar-refractivity contribution >= 4 is 17.6 Å². The third kappa shape index (κ3) is 3.48. The van der Waals surface area contributed by atoms with E-state index in [1.807, 2.05) is 25.1 Å². The molecule has 0 radical (unpaired) electrons. The van der Waals surface area contributed by atoms with Gasteiger partial charge in [0.05, 0.1) is 5.02 Å². The molecule has 2 unspecified atom stereocenters. The molecule has 0 spiro atoms. The minimum Gasteiger partial charge on any atom is -0.478 e. The zero-order valence-corrected chi connectivity index (χ0v) is 14.2. The minimum atomic E-state index is -0.897. The molecule has 6 nitrogen and oxygen atoms in total. The molecular formula is C17H20ClN4O2+. The van der Waals surface area contributed by atoms with Crippen molar-refractivity contribution in [2.24, 2.45) is 5.92 Å². The van der Waals surface area contributed by atoms with Crippen LogP contribution >= 0.6 is 11.6 Å². The van der Waals surface area contributed by atoms with Crippen molar-refractivity contribution in [1.29, 1.82) is 0 Å². The van der Waals surface area contributed by atoms with Gasteiger partial charge in [0.25, 0.3) is 0 Å². The molecule has 1 heterocycles. The van der Waals surface area contributed by atoms with Crippen LogP contribution in [0.3, 0.4) is 0 Å². The van der Waals surface area contributed by atoms with Gasteiger partial charge in [-0.2, -0.15) is 0 Å². The van der Waals surface area contributed by atoms with E-state index in [4.69, 9.17) is 16.7 Å². The topological polar surface area (TPSA) is 82.8 Å². The lowest BCUT2D eigenvalue weighted by atomic mass is 9.75. The Balaban J connectivity index is 1.89. The highest BCUT2D eigenvalue weighted by molar-refractivity contribution is 6.32. The minimum absolute atomic E-state index is 0.236. The van der Waals surface area contributed by atoms with Crippen LogP contribution in [0, 0.1) is 12.8 Å². The van der Waals surface area contributed by atoms with E-state index in [0.717, 1.165) is 42.8 Å². The predicted octanol–water partition coefficient (Wildman–Crippen LogP) is 2.96. The van der Waals surface area contributed by atoms with Gasteiger partial charge in [0, 0.05) is 13.0 Å². The molecule has 1 aromatic carbocycles. The SMILES string of the molecule is Cc1nn[nH][n+]1-c1ccc(C2CCCCC2/C=C/C(=O)O)cc1Cl. The number of aliphatic carboxylic acids is 1. The molecular weight excluding hydrogens is 328 g/mol. The van der Waals surface area contributed by atoms with E-state index in [2.05, 4.69) is 21.6 Å². The average Bonchev–Trinajstić information content (AvgIpc) is 2.99. The number of nitrogens with zero attached hydrogens (tertiary/aromatic N) is 3. The summed E-state index contributed by atoms with van der Waals surface area (Å²) in [5.41, 5.74) is 1.95. The van der Waals surface area contributed by atoms with Gasteiger partial charge in [0.1, 0.15) is 10.8 Å². The van der Waals surface area contributed by atoms with Gasteiger partial charge >= 0.3 is 11.8 Å². The quantitative estimate of drug-likeness (QED) is 0.658. The summed E-state index contributed by atoms with van der Waals surface area (Å²) in [5, 5.41) is 20.0. The number of aromatic nitrogens is 4. The number of carboxylic acid groups (broad SMARTS) is 1. The number of hydrogen-bond donors (Lipinski definition) is 2. The van der Waals surface area contributed by atoms with Crippen molar-refractivity contribution < 1.29 is 14.6 Å². The van der Waals surface area contributed by atoms with Crippen molar-refractivity contribution in [3.05, 3.63) is 46.8 Å². The number of H-pyrrole nitrogens is 1. The van der Waals surface area contributed by atoms with Crippen molar-refractivity contribution in [1.82, 2.24) is 15.5 Å². The Morgan fingerprint density at radius 2 is 2.21 bits per heavy atom. The number of rotatable bonds is 4. The lowest BCUT2D eigenvalue weighted by Crippen LogP contribution is -2.36. The number of carboxylic acids is 1. The van der Waals surface area contributed by atoms with Gasteiger partial charge in [-0.25, -0.2) is 4.79 Å². The normalized spacial score (nSPS) is 21.2. The van der Waals surface area contributed by atoms with E-state index in [-0.39, 0.29) is 5.92 Å². The van der Waals surface area contributed by atoms with Crippen molar-refractivity contribution in [2.75, 3.05) is 0 Å². The van der Waals surface area contributed by atoms with Gasteiger partial charge < -0.3 is 5.11 Å². The molecule has 0 bridgehead atoms. The largest absolute Gasteiger partial charge is 0.478 e. The van der Waals surface area contributed by atoms with Crippen LogP contribution in [-0.2, 0) is 4.79 Å². The van der Waals surface area contributed by atoms with Crippen LogP contribution in [-0.4, -0.2) is 26.6 Å². The molecule has 0 amide bonds. The Kier molecular flexibility index (Phi) is 4.94. The highest BCUT2D eigenvalue weighted by atomic mass is 35.5. The second kappa shape index (κ2) is 7.13. The maximum Gasteiger partial charge on any atom is 0.327 e. The Morgan fingerprint density at radius 3 is 2.88 bits per heavy atom. The zero-order valence-electron chi connectivity index (χ0n) is 13.4. The first-order valence-corrected chi connectivity index (χ1v) is 8.44. The van der Waals surface area contributed by atoms with E-state index in [9.17, 15) is 4.79 Å². The van der Waals surface area contributed by atoms with E-state index in [1.165, 1.54) is 6.08 Å². The highest BCUT2D eigenvalue weighted by Gasteiger charge is 2.26. The number of allylic oxidation sites excluding steroid dienone is 1. The van der Waals surface area contributed by atoms with E-state index in [0.29, 0.717) is 10.9 Å². The fourth-order valence-corrected chi connectivity index (χ4v) is 3.70. The van der Waals surface area contributed by atoms with E-state index in [1.54, 1.807) is 4.68 Å². The molecule has 1 fully saturated rings. The first kappa shape index (κ1) is 16.6. The van der Waals surface area contributed by atoms with Crippen LogP contribution < -0.4 is 4.68 Å². The molecule has 1 aliphatic carbocycles. The molecule has 2 atom stereocenters. The smallest absolute Gasteiger partial charge is 0.327 e. The lowest BCUT2D eigenvalue weighted by molar-refractivity contribution is -0.666. The fraction of sp³-hybridized carbons (Fsp3) is 0.412. The highest BCUT2D eigenvalue weighted by Crippen LogP contribution is 2.39. The van der Waals surface area contributed by atoms with Gasteiger partial charge in [-0.05, 0) is 42.4 Å². The number of carbonyl (C=O) groups is 1. The van der Waals surface area contributed by atoms with Gasteiger partial charge in [0.2, 0.25) is 0 Å². The standard InChI is InChI=1S/C17H19ClN4O2/c1-11-19-20-21-22(11)16-8-6-13(10-15(16)18)14-5-3-2-4-12(14)7-9-17(23)24/h6-10,12,14H,2-5H2,1H3,(H,23,24)/p+1/b9-7+. The number of aromatic amines is 1. The molecule has 3 rings (SSSR count). The molecule has 7 heteroatoms. The van der Waals surface area contributed by atoms with E-state index >= 15 is 0 Å². The summed E-state index contributed by atoms with van der Waals surface area (Å²) in [5.74, 6) is 0.364. The Bertz CT molecular complexity index is 772. The van der Waals surface area contributed by atoms with Gasteiger partial charge in [-0.1, -0.05) is 41.8 Å². The number of benzene rings is 1. The summed E-state index contributed by atoms with van der Waals surface area (Å²) in [6.07, 6.45) is 7.42. The predicted molar refractivity (Wildman–Crippen MR) is 89.1 cm³/mol. The zero-order chi connectivity index (χ0) is 17.1. The van der Waals surface area contributed by atoms with Crippen LogP contribution in [0.1, 0.15) is 43.0 Å². The van der Waals surface area contributed by atoms with Crippen molar-refractivity contribution in [3.8, 4) is 5.69 Å². The molecule has 2 aromatic rings. The first-order valence-electron chi connectivity index (χ1n) is 8.07. The molecule has 2 N–H and O–H groups in total. The van der Waals surface area contributed by atoms with Gasteiger partial charge in [0.15, 0.2) is 5.21 Å². The molecule has 1 saturated carbocycles. The number of aryl methyl sites for hydroxylation is 1. The number of tetrazole rings is 1. The van der Waals surface area contributed by atoms with Crippen LogP contribution in [0.25, 0.3) is 5.69 Å². The second-order valence-electron chi connectivity index (χ2n) is 6.15. The molecule has 1 aliphatic rings. The lowest BCUT2D eigenvalue weighted by Gasteiger charge is -2.30.